The first-order valence-electron chi connectivity index (χ1n) is 5.30. The number of aromatic nitrogens is 2. The SMILES string of the molecule is CCc1cc(Cl)c(F)c(-c2cnn(C)c2N)c1. The lowest BCUT2D eigenvalue weighted by Crippen LogP contribution is -1.99. The molecule has 90 valence electrons. The number of nitrogen functional groups attached to an aromatic ring is 1. The van der Waals surface area contributed by atoms with E-state index in [2.05, 4.69) is 5.10 Å². The number of anilines is 1. The maximum Gasteiger partial charge on any atom is 0.149 e. The number of nitrogens with zero attached hydrogens (tertiary/aromatic N) is 2. The lowest BCUT2D eigenvalue weighted by atomic mass is 10.0. The van der Waals surface area contributed by atoms with Crippen LogP contribution in [0.15, 0.2) is 18.3 Å². The van der Waals surface area contributed by atoms with E-state index in [1.807, 2.05) is 6.92 Å². The van der Waals surface area contributed by atoms with Crippen LogP contribution in [0.4, 0.5) is 10.2 Å². The first-order chi connectivity index (χ1) is 8.04. The predicted molar refractivity (Wildman–Crippen MR) is 67.4 cm³/mol. The normalized spacial score (nSPS) is 10.8. The molecule has 2 aromatic rings. The van der Waals surface area contributed by atoms with Gasteiger partial charge >= 0.3 is 0 Å². The molecule has 0 saturated carbocycles. The predicted octanol–water partition coefficient (Wildman–Crippen LogP) is 3.02. The van der Waals surface area contributed by atoms with Gasteiger partial charge in [-0.3, -0.25) is 4.68 Å². The molecule has 0 bridgehead atoms. The van der Waals surface area contributed by atoms with Crippen molar-refractivity contribution in [2.75, 3.05) is 5.73 Å². The molecule has 0 radical (unpaired) electrons. The number of hydrogen-bond donors (Lipinski definition) is 1. The van der Waals surface area contributed by atoms with E-state index in [0.29, 0.717) is 16.9 Å². The average Bonchev–Trinajstić information content (AvgIpc) is 2.64. The molecule has 3 nitrogen and oxygen atoms in total. The molecule has 17 heavy (non-hydrogen) atoms. The molecule has 0 atom stereocenters. The molecule has 1 heterocycles. The lowest BCUT2D eigenvalue weighted by molar-refractivity contribution is 0.631. The first-order valence-corrected chi connectivity index (χ1v) is 5.68. The molecule has 0 amide bonds. The topological polar surface area (TPSA) is 43.8 Å². The summed E-state index contributed by atoms with van der Waals surface area (Å²) in [6, 6.07) is 3.39. The maximum atomic E-state index is 14.0. The molecular formula is C12H13ClFN3. The quantitative estimate of drug-likeness (QED) is 0.894. The van der Waals surface area contributed by atoms with E-state index in [1.54, 1.807) is 25.4 Å². The van der Waals surface area contributed by atoms with Gasteiger partial charge in [-0.2, -0.15) is 5.10 Å². The Kier molecular flexibility index (Phi) is 3.07. The molecule has 1 aromatic heterocycles. The Labute approximate surface area is 104 Å². The summed E-state index contributed by atoms with van der Waals surface area (Å²) in [6.07, 6.45) is 2.33. The second-order valence-corrected chi connectivity index (χ2v) is 4.27. The number of benzene rings is 1. The Morgan fingerprint density at radius 2 is 2.12 bits per heavy atom. The third kappa shape index (κ3) is 2.00. The number of nitrogens with two attached hydrogens (primary N) is 1. The summed E-state index contributed by atoms with van der Waals surface area (Å²) < 4.78 is 15.5. The molecule has 0 saturated heterocycles. The summed E-state index contributed by atoms with van der Waals surface area (Å²) in [5, 5.41) is 4.11. The van der Waals surface area contributed by atoms with Crippen molar-refractivity contribution in [2.24, 2.45) is 7.05 Å². The molecule has 0 fully saturated rings. The van der Waals surface area contributed by atoms with E-state index in [1.165, 1.54) is 4.68 Å². The van der Waals surface area contributed by atoms with Gasteiger partial charge in [-0.15, -0.1) is 0 Å². The van der Waals surface area contributed by atoms with Crippen LogP contribution in [0.5, 0.6) is 0 Å². The summed E-state index contributed by atoms with van der Waals surface area (Å²) >= 11 is 5.86. The van der Waals surface area contributed by atoms with Gasteiger partial charge in [0.05, 0.1) is 11.2 Å². The highest BCUT2D eigenvalue weighted by molar-refractivity contribution is 6.31. The summed E-state index contributed by atoms with van der Waals surface area (Å²) in [6.45, 7) is 1.99. The van der Waals surface area contributed by atoms with Gasteiger partial charge < -0.3 is 5.73 Å². The van der Waals surface area contributed by atoms with Gasteiger partial charge in [0.25, 0.3) is 0 Å². The molecule has 2 rings (SSSR count). The number of hydrogen-bond acceptors (Lipinski definition) is 2. The minimum Gasteiger partial charge on any atom is -0.383 e. The molecule has 5 heteroatoms. The van der Waals surface area contributed by atoms with Crippen LogP contribution in [0.3, 0.4) is 0 Å². The highest BCUT2D eigenvalue weighted by atomic mass is 35.5. The van der Waals surface area contributed by atoms with Crippen molar-refractivity contribution in [1.82, 2.24) is 9.78 Å². The fourth-order valence-corrected chi connectivity index (χ4v) is 1.94. The van der Waals surface area contributed by atoms with Crippen LogP contribution in [0.1, 0.15) is 12.5 Å². The zero-order valence-corrected chi connectivity index (χ0v) is 10.4. The first kappa shape index (κ1) is 11.9. The Bertz CT molecular complexity index is 563. The minimum atomic E-state index is -0.455. The van der Waals surface area contributed by atoms with Crippen molar-refractivity contribution in [3.05, 3.63) is 34.7 Å². The molecule has 2 N–H and O–H groups in total. The van der Waals surface area contributed by atoms with Gasteiger partial charge in [-0.1, -0.05) is 18.5 Å². The third-order valence-corrected chi connectivity index (χ3v) is 3.05. The molecule has 0 aliphatic carbocycles. The van der Waals surface area contributed by atoms with Gasteiger partial charge in [0, 0.05) is 18.2 Å². The minimum absolute atomic E-state index is 0.114. The van der Waals surface area contributed by atoms with E-state index in [0.717, 1.165) is 12.0 Å². The van der Waals surface area contributed by atoms with E-state index in [-0.39, 0.29) is 5.02 Å². The van der Waals surface area contributed by atoms with Crippen LogP contribution >= 0.6 is 11.6 Å². The van der Waals surface area contributed by atoms with Crippen molar-refractivity contribution >= 4 is 17.4 Å². The summed E-state index contributed by atoms with van der Waals surface area (Å²) in [4.78, 5) is 0. The average molecular weight is 254 g/mol. The van der Waals surface area contributed by atoms with E-state index < -0.39 is 5.82 Å². The number of rotatable bonds is 2. The van der Waals surface area contributed by atoms with Crippen LogP contribution in [0.2, 0.25) is 5.02 Å². The van der Waals surface area contributed by atoms with E-state index in [9.17, 15) is 4.39 Å². The third-order valence-electron chi connectivity index (χ3n) is 2.77. The van der Waals surface area contributed by atoms with Crippen LogP contribution in [0, 0.1) is 5.82 Å². The fraction of sp³-hybridized carbons (Fsp3) is 0.250. The van der Waals surface area contributed by atoms with Gasteiger partial charge in [0.2, 0.25) is 0 Å². The zero-order valence-electron chi connectivity index (χ0n) is 9.67. The summed E-state index contributed by atoms with van der Waals surface area (Å²) in [7, 11) is 1.71. The van der Waals surface area contributed by atoms with Crippen molar-refractivity contribution in [3.63, 3.8) is 0 Å². The summed E-state index contributed by atoms with van der Waals surface area (Å²) in [5.41, 5.74) is 7.78. The number of aryl methyl sites for hydroxylation is 2. The van der Waals surface area contributed by atoms with Gasteiger partial charge in [0.1, 0.15) is 11.6 Å². The van der Waals surface area contributed by atoms with Gasteiger partial charge in [-0.05, 0) is 24.1 Å². The van der Waals surface area contributed by atoms with Crippen LogP contribution in [-0.4, -0.2) is 9.78 Å². The van der Waals surface area contributed by atoms with Crippen molar-refractivity contribution in [1.29, 1.82) is 0 Å². The van der Waals surface area contributed by atoms with Gasteiger partial charge in [-0.25, -0.2) is 4.39 Å². The van der Waals surface area contributed by atoms with Crippen molar-refractivity contribution < 1.29 is 4.39 Å². The highest BCUT2D eigenvalue weighted by Crippen LogP contribution is 2.32. The Hall–Kier alpha value is -1.55. The van der Waals surface area contributed by atoms with E-state index in [4.69, 9.17) is 17.3 Å². The van der Waals surface area contributed by atoms with Crippen LogP contribution in [0.25, 0.3) is 11.1 Å². The molecule has 0 spiro atoms. The monoisotopic (exact) mass is 253 g/mol. The number of halogens is 2. The zero-order chi connectivity index (χ0) is 12.6. The maximum absolute atomic E-state index is 14.0. The molecule has 0 unspecified atom stereocenters. The highest BCUT2D eigenvalue weighted by Gasteiger charge is 2.15. The standard InChI is InChI=1S/C12H13ClFN3/c1-3-7-4-8(11(14)10(13)5-7)9-6-16-17(2)12(9)15/h4-6H,3,15H2,1-2H3. The van der Waals surface area contributed by atoms with Gasteiger partial charge in [0.15, 0.2) is 0 Å². The second-order valence-electron chi connectivity index (χ2n) is 3.86. The van der Waals surface area contributed by atoms with Crippen LogP contribution < -0.4 is 5.73 Å². The summed E-state index contributed by atoms with van der Waals surface area (Å²) in [5.74, 6) is -0.0308. The van der Waals surface area contributed by atoms with Crippen LogP contribution in [-0.2, 0) is 13.5 Å². The molecule has 0 aliphatic rings. The van der Waals surface area contributed by atoms with Crippen molar-refractivity contribution in [3.8, 4) is 11.1 Å². The largest absolute Gasteiger partial charge is 0.383 e. The smallest absolute Gasteiger partial charge is 0.149 e. The molecule has 1 aromatic carbocycles. The second kappa shape index (κ2) is 4.37. The van der Waals surface area contributed by atoms with Crippen molar-refractivity contribution in [2.45, 2.75) is 13.3 Å². The Morgan fingerprint density at radius 1 is 1.41 bits per heavy atom. The Balaban J connectivity index is 2.66. The fourth-order valence-electron chi connectivity index (χ4n) is 1.70. The molecule has 0 aliphatic heterocycles. The Morgan fingerprint density at radius 3 is 2.65 bits per heavy atom. The molecular weight excluding hydrogens is 241 g/mol. The van der Waals surface area contributed by atoms with E-state index >= 15 is 0 Å². The lowest BCUT2D eigenvalue weighted by Gasteiger charge is -2.07.